The molecule has 0 saturated heterocycles. The molecule has 0 amide bonds. The van der Waals surface area contributed by atoms with Gasteiger partial charge in [-0.1, -0.05) is 12.5 Å². The first-order chi connectivity index (χ1) is 12.6. The van der Waals surface area contributed by atoms with Crippen LogP contribution in [0, 0.1) is 5.41 Å². The third-order valence-electron chi connectivity index (χ3n) is 5.12. The Balaban J connectivity index is 1.87. The zero-order valence-electron chi connectivity index (χ0n) is 16.3. The molecule has 3 N–H and O–H groups in total. The number of nitrogens with one attached hydrogen (secondary N) is 2. The first-order valence-electron chi connectivity index (χ1n) is 9.49. The first-order valence-corrected chi connectivity index (χ1v) is 9.49. The highest BCUT2D eigenvalue weighted by molar-refractivity contribution is 5.79. The van der Waals surface area contributed by atoms with Crippen molar-refractivity contribution in [3.8, 4) is 11.5 Å². The van der Waals surface area contributed by atoms with E-state index in [-0.39, 0.29) is 5.75 Å². The maximum atomic E-state index is 9.68. The second kappa shape index (κ2) is 10.3. The number of methoxy groups -OCH3 is 2. The number of phenolic OH excluding ortho intramolecular Hbond substituents is 1. The van der Waals surface area contributed by atoms with Gasteiger partial charge in [-0.25, -0.2) is 0 Å². The van der Waals surface area contributed by atoms with Gasteiger partial charge < -0.3 is 25.2 Å². The molecule has 0 heterocycles. The fourth-order valence-electron chi connectivity index (χ4n) is 3.27. The van der Waals surface area contributed by atoms with Crippen LogP contribution in [0.15, 0.2) is 23.2 Å². The van der Waals surface area contributed by atoms with Crippen LogP contribution in [-0.4, -0.2) is 51.5 Å². The van der Waals surface area contributed by atoms with Gasteiger partial charge in [0.25, 0.3) is 0 Å². The van der Waals surface area contributed by atoms with Crippen molar-refractivity contribution >= 4 is 5.96 Å². The quantitative estimate of drug-likeness (QED) is 0.440. The lowest BCUT2D eigenvalue weighted by Gasteiger charge is -2.40. The van der Waals surface area contributed by atoms with Crippen LogP contribution >= 0.6 is 0 Å². The number of aromatic hydroxyl groups is 1. The molecule has 0 spiro atoms. The summed E-state index contributed by atoms with van der Waals surface area (Å²) in [5.74, 6) is 1.54. The molecule has 1 aliphatic carbocycles. The van der Waals surface area contributed by atoms with Crippen molar-refractivity contribution in [3.05, 3.63) is 23.8 Å². The summed E-state index contributed by atoms with van der Waals surface area (Å²) in [4.78, 5) is 4.81. The molecule has 1 aromatic carbocycles. The van der Waals surface area contributed by atoms with Gasteiger partial charge in [-0.05, 0) is 55.7 Å². The molecule has 1 aliphatic rings. The molecule has 0 radical (unpaired) electrons. The molecule has 1 fully saturated rings. The normalized spacial score (nSPS) is 16.0. The van der Waals surface area contributed by atoms with Crippen molar-refractivity contribution in [2.24, 2.45) is 10.4 Å². The Labute approximate surface area is 157 Å². The van der Waals surface area contributed by atoms with E-state index in [1.165, 1.54) is 19.3 Å². The van der Waals surface area contributed by atoms with Crippen LogP contribution < -0.4 is 15.4 Å². The predicted molar refractivity (Wildman–Crippen MR) is 105 cm³/mol. The number of rotatable bonds is 10. The standard InChI is InChI=1S/C20H33N3O3/c1-4-21-19(23-15-20(9-5-10-20)11-13-25-2)22-12-8-16-6-7-17(24)18(14-16)26-3/h6-7,14,24H,4-5,8-13,15H2,1-3H3,(H2,21,22,23). The van der Waals surface area contributed by atoms with Gasteiger partial charge in [0.15, 0.2) is 17.5 Å². The number of hydrogen-bond acceptors (Lipinski definition) is 4. The highest BCUT2D eigenvalue weighted by atomic mass is 16.5. The Bertz CT molecular complexity index is 586. The van der Waals surface area contributed by atoms with E-state index >= 15 is 0 Å². The molecule has 0 bridgehead atoms. The molecule has 26 heavy (non-hydrogen) atoms. The number of benzene rings is 1. The van der Waals surface area contributed by atoms with Gasteiger partial charge in [-0.3, -0.25) is 4.99 Å². The number of hydrogen-bond donors (Lipinski definition) is 3. The minimum atomic E-state index is 0.168. The summed E-state index contributed by atoms with van der Waals surface area (Å²) in [5, 5.41) is 16.4. The molecule has 1 saturated carbocycles. The molecular formula is C20H33N3O3. The number of ether oxygens (including phenoxy) is 2. The maximum absolute atomic E-state index is 9.68. The fraction of sp³-hybridized carbons (Fsp3) is 0.650. The number of aliphatic imine (C=N–C) groups is 1. The van der Waals surface area contributed by atoms with Crippen LogP contribution in [0.4, 0.5) is 0 Å². The van der Waals surface area contributed by atoms with E-state index in [1.54, 1.807) is 20.3 Å². The largest absolute Gasteiger partial charge is 0.504 e. The van der Waals surface area contributed by atoms with Crippen molar-refractivity contribution < 1.29 is 14.6 Å². The van der Waals surface area contributed by atoms with Crippen LogP contribution in [0.3, 0.4) is 0 Å². The monoisotopic (exact) mass is 363 g/mol. The maximum Gasteiger partial charge on any atom is 0.191 e. The van der Waals surface area contributed by atoms with Gasteiger partial charge >= 0.3 is 0 Å². The summed E-state index contributed by atoms with van der Waals surface area (Å²) < 4.78 is 10.4. The van der Waals surface area contributed by atoms with Crippen molar-refractivity contribution in [2.75, 3.05) is 40.5 Å². The average Bonchev–Trinajstić information content (AvgIpc) is 2.61. The molecule has 6 heteroatoms. The average molecular weight is 364 g/mol. The van der Waals surface area contributed by atoms with E-state index in [1.807, 2.05) is 12.1 Å². The van der Waals surface area contributed by atoms with Gasteiger partial charge in [0.05, 0.1) is 7.11 Å². The van der Waals surface area contributed by atoms with Crippen molar-refractivity contribution in [3.63, 3.8) is 0 Å². The highest BCUT2D eigenvalue weighted by Crippen LogP contribution is 2.44. The minimum Gasteiger partial charge on any atom is -0.504 e. The highest BCUT2D eigenvalue weighted by Gasteiger charge is 2.36. The summed E-state index contributed by atoms with van der Waals surface area (Å²) in [6.45, 7) is 5.34. The smallest absolute Gasteiger partial charge is 0.191 e. The van der Waals surface area contributed by atoms with Crippen LogP contribution in [-0.2, 0) is 11.2 Å². The van der Waals surface area contributed by atoms with E-state index in [9.17, 15) is 5.11 Å². The number of guanidine groups is 1. The Morgan fingerprint density at radius 2 is 2.08 bits per heavy atom. The van der Waals surface area contributed by atoms with Crippen molar-refractivity contribution in [1.29, 1.82) is 0 Å². The fourth-order valence-corrected chi connectivity index (χ4v) is 3.27. The molecular weight excluding hydrogens is 330 g/mol. The van der Waals surface area contributed by atoms with Gasteiger partial charge in [0, 0.05) is 33.4 Å². The van der Waals surface area contributed by atoms with E-state index in [2.05, 4.69) is 17.6 Å². The Hall–Kier alpha value is -1.95. The van der Waals surface area contributed by atoms with Gasteiger partial charge in [0.1, 0.15) is 0 Å². The topological polar surface area (TPSA) is 75.1 Å². The van der Waals surface area contributed by atoms with E-state index < -0.39 is 0 Å². The molecule has 0 atom stereocenters. The third-order valence-corrected chi connectivity index (χ3v) is 5.12. The van der Waals surface area contributed by atoms with Gasteiger partial charge in [0.2, 0.25) is 0 Å². The summed E-state index contributed by atoms with van der Waals surface area (Å²) in [5.41, 5.74) is 1.43. The summed E-state index contributed by atoms with van der Waals surface area (Å²) in [6.07, 6.45) is 5.70. The molecule has 2 rings (SSSR count). The lowest BCUT2D eigenvalue weighted by molar-refractivity contribution is 0.0778. The first kappa shape index (κ1) is 20.4. The van der Waals surface area contributed by atoms with E-state index in [0.717, 1.165) is 50.6 Å². The molecule has 1 aromatic rings. The SMILES string of the molecule is CCNC(=NCC1(CCOC)CCC1)NCCc1ccc(O)c(OC)c1. The molecule has 0 unspecified atom stereocenters. The van der Waals surface area contributed by atoms with Crippen LogP contribution in [0.2, 0.25) is 0 Å². The predicted octanol–water partition coefficient (Wildman–Crippen LogP) is 2.71. The summed E-state index contributed by atoms with van der Waals surface area (Å²) in [7, 11) is 3.33. The van der Waals surface area contributed by atoms with E-state index in [4.69, 9.17) is 14.5 Å². The molecule has 0 aromatic heterocycles. The van der Waals surface area contributed by atoms with Gasteiger partial charge in [-0.15, -0.1) is 0 Å². The Morgan fingerprint density at radius 1 is 1.27 bits per heavy atom. The Kier molecular flexibility index (Phi) is 8.04. The van der Waals surface area contributed by atoms with Crippen molar-refractivity contribution in [1.82, 2.24) is 10.6 Å². The van der Waals surface area contributed by atoms with Crippen LogP contribution in [0.1, 0.15) is 38.2 Å². The minimum absolute atomic E-state index is 0.168. The zero-order valence-corrected chi connectivity index (χ0v) is 16.3. The lowest BCUT2D eigenvalue weighted by atomic mass is 9.67. The van der Waals surface area contributed by atoms with Gasteiger partial charge in [-0.2, -0.15) is 0 Å². The second-order valence-corrected chi connectivity index (χ2v) is 6.97. The third kappa shape index (κ3) is 5.80. The van der Waals surface area contributed by atoms with Crippen LogP contribution in [0.25, 0.3) is 0 Å². The molecule has 146 valence electrons. The lowest BCUT2D eigenvalue weighted by Crippen LogP contribution is -2.41. The van der Waals surface area contributed by atoms with Crippen molar-refractivity contribution in [2.45, 2.75) is 39.0 Å². The van der Waals surface area contributed by atoms with E-state index in [0.29, 0.717) is 11.2 Å². The number of phenols is 1. The second-order valence-electron chi connectivity index (χ2n) is 6.97. The Morgan fingerprint density at radius 3 is 2.69 bits per heavy atom. The van der Waals surface area contributed by atoms with Crippen LogP contribution in [0.5, 0.6) is 11.5 Å². The number of nitrogens with zero attached hydrogens (tertiary/aromatic N) is 1. The summed E-state index contributed by atoms with van der Waals surface area (Å²) >= 11 is 0. The zero-order chi connectivity index (χ0) is 18.8. The molecule has 0 aliphatic heterocycles. The molecule has 6 nitrogen and oxygen atoms in total. The summed E-state index contributed by atoms with van der Waals surface area (Å²) in [6, 6.07) is 5.45.